The summed E-state index contributed by atoms with van der Waals surface area (Å²) in [6.07, 6.45) is 3.80. The lowest BCUT2D eigenvalue weighted by atomic mass is 10.4. The monoisotopic (exact) mass is 364 g/mol. The topological polar surface area (TPSA) is 18.5 Å². The molecule has 22 heavy (non-hydrogen) atoms. The molecule has 0 rings (SSSR count). The van der Waals surface area contributed by atoms with E-state index in [1.807, 2.05) is 0 Å². The average molecular weight is 365 g/mol. The number of quaternary nitrogens is 1. The minimum atomic E-state index is -2.00. The van der Waals surface area contributed by atoms with Gasteiger partial charge in [0.05, 0.1) is 27.7 Å². The summed E-state index contributed by atoms with van der Waals surface area (Å²) in [6, 6.07) is 2.49. The molecule has 0 aliphatic heterocycles. The van der Waals surface area contributed by atoms with Gasteiger partial charge in [0.1, 0.15) is 0 Å². The van der Waals surface area contributed by atoms with E-state index in [-0.39, 0.29) is 0 Å². The van der Waals surface area contributed by atoms with Gasteiger partial charge in [-0.15, -0.1) is 0 Å². The van der Waals surface area contributed by atoms with Gasteiger partial charge in [0.25, 0.3) is 0 Å². The summed E-state index contributed by atoms with van der Waals surface area (Å²) in [5.74, 6) is 0. The van der Waals surface area contributed by atoms with Crippen molar-refractivity contribution < 1.29 is 12.7 Å². The summed E-state index contributed by atoms with van der Waals surface area (Å²) in [6.45, 7) is 17.4. The van der Waals surface area contributed by atoms with Gasteiger partial charge in [0, 0.05) is 0 Å². The van der Waals surface area contributed by atoms with Crippen molar-refractivity contribution in [1.82, 2.24) is 0 Å². The van der Waals surface area contributed by atoms with Gasteiger partial charge >= 0.3 is 8.56 Å². The van der Waals surface area contributed by atoms with Gasteiger partial charge < -0.3 is 12.7 Å². The first-order valence-electron chi connectivity index (χ1n) is 8.89. The van der Waals surface area contributed by atoms with Crippen molar-refractivity contribution in [2.45, 2.75) is 77.6 Å². The standard InChI is InChI=1S/C16H42NO2Si3/c1-11-12-15-20(5,6)18-22(9,10)19-21(7,8)16-13-14-17(2,3)4/h11-16H2,1-10H3/q+1. The SMILES string of the molecule is CCCC[Si](C)(C)O[Si](C)(C)O[Si](C)(C)CCC[N+](C)(C)C. The third kappa shape index (κ3) is 12.0. The normalized spacial score (nSPS) is 14.5. The molecular weight excluding hydrogens is 322 g/mol. The van der Waals surface area contributed by atoms with E-state index in [9.17, 15) is 0 Å². The highest BCUT2D eigenvalue weighted by atomic mass is 28.5. The van der Waals surface area contributed by atoms with Crippen molar-refractivity contribution in [1.29, 1.82) is 0 Å². The highest BCUT2D eigenvalue weighted by molar-refractivity contribution is 6.87. The summed E-state index contributed by atoms with van der Waals surface area (Å²) in [5, 5.41) is 0. The Bertz CT molecular complexity index is 326. The molecule has 0 fully saturated rings. The molecule has 0 heterocycles. The van der Waals surface area contributed by atoms with Crippen LogP contribution in [-0.4, -0.2) is 57.4 Å². The van der Waals surface area contributed by atoms with Crippen molar-refractivity contribution in [2.75, 3.05) is 27.7 Å². The number of unbranched alkanes of at least 4 members (excludes halogenated alkanes) is 1. The molecule has 0 spiro atoms. The maximum atomic E-state index is 6.64. The smallest absolute Gasteiger partial charge is 0.311 e. The largest absolute Gasteiger partial charge is 0.437 e. The molecule has 0 saturated carbocycles. The van der Waals surface area contributed by atoms with Crippen molar-refractivity contribution >= 4 is 25.2 Å². The maximum absolute atomic E-state index is 6.64. The molecule has 0 aliphatic carbocycles. The van der Waals surface area contributed by atoms with Crippen molar-refractivity contribution in [3.8, 4) is 0 Å². The molecule has 0 radical (unpaired) electrons. The minimum absolute atomic E-state index is 1.04. The van der Waals surface area contributed by atoms with Crippen LogP contribution in [0, 0.1) is 0 Å². The minimum Gasteiger partial charge on any atom is -0.437 e. The maximum Gasteiger partial charge on any atom is 0.311 e. The highest BCUT2D eigenvalue weighted by Crippen LogP contribution is 2.26. The van der Waals surface area contributed by atoms with Crippen LogP contribution in [0.4, 0.5) is 0 Å². The summed E-state index contributed by atoms with van der Waals surface area (Å²) >= 11 is 0. The lowest BCUT2D eigenvalue weighted by Gasteiger charge is -2.39. The third-order valence-electron chi connectivity index (χ3n) is 3.78. The van der Waals surface area contributed by atoms with Gasteiger partial charge in [-0.05, 0) is 57.8 Å². The second-order valence-corrected chi connectivity index (χ2v) is 21.8. The van der Waals surface area contributed by atoms with Crippen LogP contribution in [0.15, 0.2) is 0 Å². The molecule has 0 unspecified atom stereocenters. The molecule has 0 aliphatic rings. The van der Waals surface area contributed by atoms with E-state index in [2.05, 4.69) is 67.3 Å². The molecule has 6 heteroatoms. The number of hydrogen-bond acceptors (Lipinski definition) is 2. The van der Waals surface area contributed by atoms with E-state index >= 15 is 0 Å². The van der Waals surface area contributed by atoms with E-state index in [1.165, 1.54) is 37.9 Å². The molecule has 3 nitrogen and oxygen atoms in total. The van der Waals surface area contributed by atoms with Gasteiger partial charge in [-0.3, -0.25) is 0 Å². The fourth-order valence-electron chi connectivity index (χ4n) is 3.04. The first kappa shape index (κ1) is 22.5. The molecule has 0 aromatic rings. The molecule has 0 saturated heterocycles. The van der Waals surface area contributed by atoms with E-state index in [4.69, 9.17) is 8.23 Å². The van der Waals surface area contributed by atoms with E-state index in [0.29, 0.717) is 0 Å². The molecule has 0 atom stereocenters. The fourth-order valence-corrected chi connectivity index (χ4v) is 17.3. The number of rotatable bonds is 11. The Kier molecular flexibility index (Phi) is 8.78. The lowest BCUT2D eigenvalue weighted by Crippen LogP contribution is -2.52. The first-order valence-corrected chi connectivity index (χ1v) is 17.9. The zero-order chi connectivity index (χ0) is 17.7. The Hall–Kier alpha value is 0.531. The Morgan fingerprint density at radius 1 is 0.727 bits per heavy atom. The van der Waals surface area contributed by atoms with Crippen molar-refractivity contribution in [2.24, 2.45) is 0 Å². The van der Waals surface area contributed by atoms with Gasteiger partial charge in [-0.1, -0.05) is 19.8 Å². The summed E-state index contributed by atoms with van der Waals surface area (Å²) in [7, 11) is 1.60. The van der Waals surface area contributed by atoms with Crippen LogP contribution in [0.1, 0.15) is 26.2 Å². The van der Waals surface area contributed by atoms with Crippen molar-refractivity contribution in [3.05, 3.63) is 0 Å². The predicted molar refractivity (Wildman–Crippen MR) is 107 cm³/mol. The summed E-state index contributed by atoms with van der Waals surface area (Å²) in [4.78, 5) is 0. The molecule has 0 aromatic carbocycles. The van der Waals surface area contributed by atoms with Gasteiger partial charge in [0.15, 0.2) is 16.6 Å². The van der Waals surface area contributed by atoms with Gasteiger partial charge in [-0.2, -0.15) is 0 Å². The molecular formula is C16H42NO2Si3+. The lowest BCUT2D eigenvalue weighted by molar-refractivity contribution is -0.870. The molecule has 0 aromatic heterocycles. The second kappa shape index (κ2) is 8.58. The fraction of sp³-hybridized carbons (Fsp3) is 1.00. The molecule has 134 valence electrons. The van der Waals surface area contributed by atoms with Crippen LogP contribution >= 0.6 is 0 Å². The van der Waals surface area contributed by atoms with Crippen LogP contribution < -0.4 is 0 Å². The van der Waals surface area contributed by atoms with Gasteiger partial charge in [0.2, 0.25) is 0 Å². The van der Waals surface area contributed by atoms with Crippen LogP contribution in [0.5, 0.6) is 0 Å². The zero-order valence-corrected chi connectivity index (χ0v) is 20.0. The van der Waals surface area contributed by atoms with Crippen LogP contribution in [-0.2, 0) is 8.23 Å². The Balaban J connectivity index is 4.47. The first-order chi connectivity index (χ1) is 9.68. The van der Waals surface area contributed by atoms with Gasteiger partial charge in [-0.25, -0.2) is 0 Å². The second-order valence-electron chi connectivity index (χ2n) is 9.34. The van der Waals surface area contributed by atoms with Crippen LogP contribution in [0.2, 0.25) is 51.4 Å². The molecule has 0 bridgehead atoms. The van der Waals surface area contributed by atoms with Crippen molar-refractivity contribution in [3.63, 3.8) is 0 Å². The summed E-state index contributed by atoms with van der Waals surface area (Å²) in [5.41, 5.74) is 0. The quantitative estimate of drug-likeness (QED) is 0.378. The highest BCUT2D eigenvalue weighted by Gasteiger charge is 2.39. The number of hydrogen-bond donors (Lipinski definition) is 0. The van der Waals surface area contributed by atoms with E-state index < -0.39 is 25.2 Å². The zero-order valence-electron chi connectivity index (χ0n) is 17.0. The van der Waals surface area contributed by atoms with Crippen LogP contribution in [0.3, 0.4) is 0 Å². The number of nitrogens with zero attached hydrogens (tertiary/aromatic N) is 1. The Morgan fingerprint density at radius 2 is 1.14 bits per heavy atom. The van der Waals surface area contributed by atoms with E-state index in [1.54, 1.807) is 0 Å². The Labute approximate surface area is 143 Å². The predicted octanol–water partition coefficient (Wildman–Crippen LogP) is 5.03. The Morgan fingerprint density at radius 3 is 1.50 bits per heavy atom. The summed E-state index contributed by atoms with van der Waals surface area (Å²) < 4.78 is 14.3. The van der Waals surface area contributed by atoms with Crippen LogP contribution in [0.25, 0.3) is 0 Å². The third-order valence-corrected chi connectivity index (χ3v) is 15.3. The van der Waals surface area contributed by atoms with E-state index in [0.717, 1.165) is 4.48 Å². The molecule has 0 amide bonds. The average Bonchev–Trinajstić information content (AvgIpc) is 2.20. The molecule has 0 N–H and O–H groups in total.